The molecule has 1 aromatic rings. The number of thioether (sulfide) groups is 1. The molecule has 1 heterocycles. The van der Waals surface area contributed by atoms with E-state index in [1.165, 1.54) is 0 Å². The molecule has 1 aliphatic rings. The summed E-state index contributed by atoms with van der Waals surface area (Å²) in [7, 11) is 0. The third-order valence-electron chi connectivity index (χ3n) is 2.18. The van der Waals surface area contributed by atoms with Crippen molar-refractivity contribution < 1.29 is 9.53 Å². The fourth-order valence-corrected chi connectivity index (χ4v) is 2.23. The van der Waals surface area contributed by atoms with Crippen molar-refractivity contribution in [2.45, 2.75) is 11.8 Å². The molecule has 2 nitrogen and oxygen atoms in total. The van der Waals surface area contributed by atoms with Gasteiger partial charge in [-0.1, -0.05) is 30.0 Å². The van der Waals surface area contributed by atoms with Gasteiger partial charge in [-0.15, -0.1) is 0 Å². The number of fused-ring (bicyclic) bond motifs is 1. The van der Waals surface area contributed by atoms with Crippen LogP contribution in [-0.4, -0.2) is 12.6 Å². The lowest BCUT2D eigenvalue weighted by atomic mass is 10.1. The van der Waals surface area contributed by atoms with Crippen LogP contribution in [0.3, 0.4) is 0 Å². The minimum Gasteiger partial charge on any atom is -0.462 e. The van der Waals surface area contributed by atoms with Crippen molar-refractivity contribution in [3.05, 3.63) is 46.9 Å². The van der Waals surface area contributed by atoms with Gasteiger partial charge < -0.3 is 4.74 Å². The highest BCUT2D eigenvalue weighted by molar-refractivity contribution is 8.02. The average molecular weight is 232 g/mol. The van der Waals surface area contributed by atoms with Gasteiger partial charge in [0.05, 0.1) is 12.2 Å². The van der Waals surface area contributed by atoms with Crippen molar-refractivity contribution in [3.63, 3.8) is 0 Å². The topological polar surface area (TPSA) is 26.3 Å². The van der Waals surface area contributed by atoms with Crippen molar-refractivity contribution in [2.24, 2.45) is 0 Å². The Balaban J connectivity index is 2.35. The Morgan fingerprint density at radius 1 is 1.38 bits per heavy atom. The SMILES string of the molecule is CCOC(=O)C1=Cc2ccccc2SC=C1. The van der Waals surface area contributed by atoms with E-state index >= 15 is 0 Å². The van der Waals surface area contributed by atoms with Gasteiger partial charge in [0.25, 0.3) is 0 Å². The van der Waals surface area contributed by atoms with Crippen molar-refractivity contribution in [1.82, 2.24) is 0 Å². The average Bonchev–Trinajstić information content (AvgIpc) is 2.51. The molecular weight excluding hydrogens is 220 g/mol. The van der Waals surface area contributed by atoms with E-state index in [0.29, 0.717) is 12.2 Å². The monoisotopic (exact) mass is 232 g/mol. The van der Waals surface area contributed by atoms with Gasteiger partial charge in [-0.05, 0) is 36.1 Å². The fraction of sp³-hybridized carbons (Fsp3) is 0.154. The molecule has 1 aliphatic heterocycles. The van der Waals surface area contributed by atoms with Crippen LogP contribution in [0.25, 0.3) is 6.08 Å². The second-order valence-electron chi connectivity index (χ2n) is 3.28. The highest BCUT2D eigenvalue weighted by Gasteiger charge is 2.11. The van der Waals surface area contributed by atoms with E-state index in [1.807, 2.05) is 42.7 Å². The summed E-state index contributed by atoms with van der Waals surface area (Å²) in [5, 5.41) is 1.91. The zero-order valence-corrected chi connectivity index (χ0v) is 9.79. The zero-order chi connectivity index (χ0) is 11.4. The standard InChI is InChI=1S/C13H12O2S/c1-2-15-13(14)11-7-8-16-12-6-4-3-5-10(12)9-11/h3-9H,2H2,1H3. The number of carbonyl (C=O) groups excluding carboxylic acids is 1. The van der Waals surface area contributed by atoms with Crippen LogP contribution in [-0.2, 0) is 9.53 Å². The van der Waals surface area contributed by atoms with Crippen molar-refractivity contribution in [1.29, 1.82) is 0 Å². The van der Waals surface area contributed by atoms with Crippen molar-refractivity contribution in [2.75, 3.05) is 6.61 Å². The van der Waals surface area contributed by atoms with Crippen LogP contribution < -0.4 is 0 Å². The van der Waals surface area contributed by atoms with E-state index in [4.69, 9.17) is 4.74 Å². The molecule has 0 aliphatic carbocycles. The van der Waals surface area contributed by atoms with E-state index in [1.54, 1.807) is 17.8 Å². The Morgan fingerprint density at radius 3 is 3.00 bits per heavy atom. The van der Waals surface area contributed by atoms with Crippen molar-refractivity contribution >= 4 is 23.8 Å². The first-order chi connectivity index (χ1) is 7.81. The Labute approximate surface area is 99.0 Å². The van der Waals surface area contributed by atoms with Gasteiger partial charge in [0.2, 0.25) is 0 Å². The smallest absolute Gasteiger partial charge is 0.338 e. The summed E-state index contributed by atoms with van der Waals surface area (Å²) >= 11 is 1.61. The lowest BCUT2D eigenvalue weighted by molar-refractivity contribution is -0.138. The predicted molar refractivity (Wildman–Crippen MR) is 66.0 cm³/mol. The number of esters is 1. The number of hydrogen-bond acceptors (Lipinski definition) is 3. The molecule has 0 saturated carbocycles. The molecule has 0 fully saturated rings. The molecule has 16 heavy (non-hydrogen) atoms. The number of hydrogen-bond donors (Lipinski definition) is 0. The Hall–Kier alpha value is -1.48. The summed E-state index contributed by atoms with van der Waals surface area (Å²) < 4.78 is 4.98. The first-order valence-electron chi connectivity index (χ1n) is 5.12. The van der Waals surface area contributed by atoms with Gasteiger partial charge in [0.15, 0.2) is 0 Å². The second kappa shape index (κ2) is 5.03. The van der Waals surface area contributed by atoms with E-state index < -0.39 is 0 Å². The molecule has 0 unspecified atom stereocenters. The molecule has 2 rings (SSSR count). The zero-order valence-electron chi connectivity index (χ0n) is 8.97. The molecule has 0 radical (unpaired) electrons. The van der Waals surface area contributed by atoms with Crippen LogP contribution in [0.2, 0.25) is 0 Å². The Kier molecular flexibility index (Phi) is 3.47. The number of carbonyl (C=O) groups is 1. The number of rotatable bonds is 2. The second-order valence-corrected chi connectivity index (χ2v) is 4.23. The van der Waals surface area contributed by atoms with Crippen molar-refractivity contribution in [3.8, 4) is 0 Å². The van der Waals surface area contributed by atoms with E-state index in [-0.39, 0.29) is 5.97 Å². The van der Waals surface area contributed by atoms with E-state index in [9.17, 15) is 4.79 Å². The molecule has 0 atom stereocenters. The maximum Gasteiger partial charge on any atom is 0.338 e. The third-order valence-corrected chi connectivity index (χ3v) is 3.08. The molecule has 3 heteroatoms. The normalized spacial score (nSPS) is 13.7. The van der Waals surface area contributed by atoms with Crippen LogP contribution in [0.4, 0.5) is 0 Å². The van der Waals surface area contributed by atoms with Gasteiger partial charge in [0, 0.05) is 4.90 Å². The largest absolute Gasteiger partial charge is 0.462 e. The maximum absolute atomic E-state index is 11.6. The summed E-state index contributed by atoms with van der Waals surface area (Å²) in [5.74, 6) is -0.268. The summed E-state index contributed by atoms with van der Waals surface area (Å²) in [6, 6.07) is 7.98. The van der Waals surface area contributed by atoms with Crippen LogP contribution in [0, 0.1) is 0 Å². The molecule has 0 aromatic heterocycles. The van der Waals surface area contributed by atoms with E-state index in [0.717, 1.165) is 10.5 Å². The highest BCUT2D eigenvalue weighted by atomic mass is 32.2. The van der Waals surface area contributed by atoms with E-state index in [2.05, 4.69) is 0 Å². The lowest BCUT2D eigenvalue weighted by Crippen LogP contribution is -2.05. The summed E-state index contributed by atoms with van der Waals surface area (Å²) in [4.78, 5) is 12.8. The molecule has 0 bridgehead atoms. The van der Waals surface area contributed by atoms with Gasteiger partial charge in [-0.3, -0.25) is 0 Å². The first kappa shape index (κ1) is 11.0. The summed E-state index contributed by atoms with van der Waals surface area (Å²) in [6.07, 6.45) is 3.66. The number of ether oxygens (including phenoxy) is 1. The third kappa shape index (κ3) is 2.36. The molecule has 0 saturated heterocycles. The summed E-state index contributed by atoms with van der Waals surface area (Å²) in [6.45, 7) is 2.21. The molecule has 82 valence electrons. The summed E-state index contributed by atoms with van der Waals surface area (Å²) in [5.41, 5.74) is 1.65. The molecule has 1 aromatic carbocycles. The van der Waals surface area contributed by atoms with Gasteiger partial charge in [-0.2, -0.15) is 0 Å². The predicted octanol–water partition coefficient (Wildman–Crippen LogP) is 3.25. The molecule has 0 spiro atoms. The fourth-order valence-electron chi connectivity index (χ4n) is 1.44. The lowest BCUT2D eigenvalue weighted by Gasteiger charge is -2.02. The van der Waals surface area contributed by atoms with Crippen LogP contribution >= 0.6 is 11.8 Å². The van der Waals surface area contributed by atoms with Crippen LogP contribution in [0.15, 0.2) is 46.2 Å². The number of benzene rings is 1. The van der Waals surface area contributed by atoms with Gasteiger partial charge >= 0.3 is 5.97 Å². The minimum absolute atomic E-state index is 0.268. The minimum atomic E-state index is -0.268. The Morgan fingerprint density at radius 2 is 2.19 bits per heavy atom. The molecular formula is C13H12O2S. The van der Waals surface area contributed by atoms with Gasteiger partial charge in [0.1, 0.15) is 0 Å². The highest BCUT2D eigenvalue weighted by Crippen LogP contribution is 2.29. The van der Waals surface area contributed by atoms with Gasteiger partial charge in [-0.25, -0.2) is 4.79 Å². The van der Waals surface area contributed by atoms with Crippen LogP contribution in [0.1, 0.15) is 12.5 Å². The molecule has 0 amide bonds. The Bertz CT molecular complexity index is 461. The first-order valence-corrected chi connectivity index (χ1v) is 6.00. The van der Waals surface area contributed by atoms with Crippen LogP contribution in [0.5, 0.6) is 0 Å². The maximum atomic E-state index is 11.6. The molecule has 0 N–H and O–H groups in total. The quantitative estimate of drug-likeness (QED) is 0.732.